The Balaban J connectivity index is 0.687. The SMILES string of the molecule is C=Cc1ccc(C2=CCC(C3(c4ccc(F)cc4)C4=C(C=CC(N(C5=CCC(C(C)(C)C)C=C5)c5ccc6cc7c(cc6c5)C5C=c6cc(N(C8=CC9C(C=C8)C8=C(CCC=C8)C9(C8C=CC(F)=CC8)C8C=CC(C9=CCC(C=C)C=C9)=CC8)C8=CC=C(C(C)(C)C)CC8)ccc6=CC5O7)C4)c4ccccc43)C=C2)cc1. The Hall–Kier alpha value is -10.6. The monoisotopic (exact) mass is 1450 g/mol. The van der Waals surface area contributed by atoms with Crippen LogP contribution in [0.5, 0.6) is 5.75 Å². The Morgan fingerprint density at radius 2 is 1.32 bits per heavy atom. The molecule has 0 amide bonds. The second-order valence-electron chi connectivity index (χ2n) is 35.4. The summed E-state index contributed by atoms with van der Waals surface area (Å²) >= 11 is 0. The zero-order valence-corrected chi connectivity index (χ0v) is 65.0. The largest absolute Gasteiger partial charge is 0.485 e. The van der Waals surface area contributed by atoms with Gasteiger partial charge >= 0.3 is 0 Å². The molecule has 0 spiro atoms. The van der Waals surface area contributed by atoms with Crippen molar-refractivity contribution in [2.45, 2.75) is 129 Å². The highest BCUT2D eigenvalue weighted by Gasteiger charge is 2.59. The lowest BCUT2D eigenvalue weighted by Crippen LogP contribution is -2.45. The third-order valence-electron chi connectivity index (χ3n) is 27.5. The minimum atomic E-state index is -0.572. The average Bonchev–Trinajstić information content (AvgIpc) is 1.57. The van der Waals surface area contributed by atoms with Gasteiger partial charge in [0.05, 0.1) is 6.04 Å². The molecule has 0 fully saturated rings. The van der Waals surface area contributed by atoms with Gasteiger partial charge in [0.25, 0.3) is 0 Å². The molecule has 0 radical (unpaired) electrons. The first kappa shape index (κ1) is 70.7. The summed E-state index contributed by atoms with van der Waals surface area (Å²) in [5.74, 6) is 2.03. The zero-order valence-electron chi connectivity index (χ0n) is 65.0. The van der Waals surface area contributed by atoms with Crippen molar-refractivity contribution in [1.82, 2.24) is 0 Å². The molecular formula is C106H100F2N2O. The van der Waals surface area contributed by atoms with Crippen LogP contribution in [0.4, 0.5) is 20.2 Å². The first-order valence-electron chi connectivity index (χ1n) is 41.0. The molecule has 3 nitrogen and oxygen atoms in total. The van der Waals surface area contributed by atoms with Crippen LogP contribution in [0.1, 0.15) is 145 Å². The van der Waals surface area contributed by atoms with Crippen molar-refractivity contribution >= 4 is 51.5 Å². The highest BCUT2D eigenvalue weighted by atomic mass is 19.1. The summed E-state index contributed by atoms with van der Waals surface area (Å²) in [5.41, 5.74) is 23.4. The Kier molecular flexibility index (Phi) is 17.6. The zero-order chi connectivity index (χ0) is 75.7. The molecule has 1 aliphatic heterocycles. The molecule has 13 aliphatic rings. The Morgan fingerprint density at radius 3 is 2.04 bits per heavy atom. The van der Waals surface area contributed by atoms with E-state index in [-0.39, 0.29) is 75.5 Å². The van der Waals surface area contributed by atoms with E-state index in [2.05, 4.69) is 320 Å². The van der Waals surface area contributed by atoms with Crippen LogP contribution in [-0.4, -0.2) is 12.1 Å². The molecule has 12 atom stereocenters. The number of anilines is 2. The van der Waals surface area contributed by atoms with Crippen LogP contribution in [-0.2, 0) is 5.41 Å². The van der Waals surface area contributed by atoms with E-state index in [0.717, 1.165) is 91.4 Å². The number of hydrogen-bond acceptors (Lipinski definition) is 3. The summed E-state index contributed by atoms with van der Waals surface area (Å²) in [6.45, 7) is 22.2. The second kappa shape index (κ2) is 27.7. The van der Waals surface area contributed by atoms with Gasteiger partial charge in [0, 0.05) is 56.7 Å². The Morgan fingerprint density at radius 1 is 0.568 bits per heavy atom. The normalized spacial score (nSPS) is 28.4. The molecule has 6 aromatic rings. The van der Waals surface area contributed by atoms with Crippen LogP contribution in [0.15, 0.2) is 343 Å². The first-order chi connectivity index (χ1) is 53.9. The first-order valence-corrected chi connectivity index (χ1v) is 41.0. The molecule has 1 heterocycles. The fourth-order valence-corrected chi connectivity index (χ4v) is 21.7. The van der Waals surface area contributed by atoms with Crippen LogP contribution < -0.4 is 25.0 Å². The lowest BCUT2D eigenvalue weighted by atomic mass is 9.53. The molecule has 0 saturated heterocycles. The van der Waals surface area contributed by atoms with Gasteiger partial charge in [-0.1, -0.05) is 266 Å². The van der Waals surface area contributed by atoms with Gasteiger partial charge in [-0.05, 0) is 278 Å². The minimum Gasteiger partial charge on any atom is -0.485 e. The lowest BCUT2D eigenvalue weighted by Gasteiger charge is -2.50. The number of hydrogen-bond donors (Lipinski definition) is 0. The smallest absolute Gasteiger partial charge is 0.128 e. The van der Waals surface area contributed by atoms with Gasteiger partial charge < -0.3 is 14.5 Å². The topological polar surface area (TPSA) is 15.7 Å². The van der Waals surface area contributed by atoms with Crippen molar-refractivity contribution in [2.75, 3.05) is 9.80 Å². The maximum Gasteiger partial charge on any atom is 0.128 e. The van der Waals surface area contributed by atoms with Gasteiger partial charge in [-0.3, -0.25) is 0 Å². The number of benzene rings is 6. The maximum absolute atomic E-state index is 15.4. The molecule has 0 saturated carbocycles. The molecule has 5 heteroatoms. The molecule has 6 aromatic carbocycles. The maximum atomic E-state index is 15.4. The van der Waals surface area contributed by atoms with E-state index in [4.69, 9.17) is 4.74 Å². The van der Waals surface area contributed by atoms with Crippen LogP contribution in [0.3, 0.4) is 0 Å². The number of allylic oxidation sites excluding steroid dienone is 33. The lowest BCUT2D eigenvalue weighted by molar-refractivity contribution is 0.112. The summed E-state index contributed by atoms with van der Waals surface area (Å²) in [7, 11) is 0. The van der Waals surface area contributed by atoms with E-state index < -0.39 is 5.41 Å². The van der Waals surface area contributed by atoms with Crippen molar-refractivity contribution in [1.29, 1.82) is 0 Å². The molecule has 0 bridgehead atoms. The molecule has 19 rings (SSSR count). The highest BCUT2D eigenvalue weighted by molar-refractivity contribution is 5.92. The van der Waals surface area contributed by atoms with Crippen molar-refractivity contribution in [3.63, 3.8) is 0 Å². The summed E-state index contributed by atoms with van der Waals surface area (Å²) in [6.07, 6.45) is 74.7. The summed E-state index contributed by atoms with van der Waals surface area (Å²) in [6, 6.07) is 44.0. The third-order valence-corrected chi connectivity index (χ3v) is 27.5. The van der Waals surface area contributed by atoms with Gasteiger partial charge in [0.15, 0.2) is 0 Å². The summed E-state index contributed by atoms with van der Waals surface area (Å²) in [4.78, 5) is 5.22. The van der Waals surface area contributed by atoms with Crippen LogP contribution in [0.2, 0.25) is 0 Å². The summed E-state index contributed by atoms with van der Waals surface area (Å²) < 4.78 is 37.9. The fraction of sp³-hybridized carbons (Fsp3) is 0.283. The van der Waals surface area contributed by atoms with E-state index in [0.29, 0.717) is 18.3 Å². The van der Waals surface area contributed by atoms with Crippen molar-refractivity contribution in [2.24, 2.45) is 57.7 Å². The number of fused-ring (bicyclic) bond motifs is 9. The number of nitrogens with zero attached hydrogens (tertiary/aromatic N) is 2. The van der Waals surface area contributed by atoms with Gasteiger partial charge in [-0.15, -0.1) is 6.58 Å². The predicted octanol–water partition coefficient (Wildman–Crippen LogP) is 25.2. The Bertz CT molecular complexity index is 5670. The molecule has 0 aromatic heterocycles. The molecule has 0 N–H and O–H groups in total. The number of halogens is 2. The quantitative estimate of drug-likeness (QED) is 0.101. The van der Waals surface area contributed by atoms with Crippen molar-refractivity contribution in [3.8, 4) is 5.75 Å². The van der Waals surface area contributed by atoms with Gasteiger partial charge in [-0.2, -0.15) is 0 Å². The Labute approximate surface area is 655 Å². The van der Waals surface area contributed by atoms with E-state index in [1.54, 1.807) is 23.8 Å². The van der Waals surface area contributed by atoms with Crippen LogP contribution >= 0.6 is 0 Å². The van der Waals surface area contributed by atoms with Crippen molar-refractivity contribution in [3.05, 3.63) is 392 Å². The third kappa shape index (κ3) is 12.1. The molecule has 12 unspecified atom stereocenters. The highest BCUT2D eigenvalue weighted by Crippen LogP contribution is 2.67. The van der Waals surface area contributed by atoms with Crippen molar-refractivity contribution < 1.29 is 13.5 Å². The summed E-state index contributed by atoms with van der Waals surface area (Å²) in [5, 5.41) is 4.71. The minimum absolute atomic E-state index is 0.00761. The van der Waals surface area contributed by atoms with Gasteiger partial charge in [-0.25, -0.2) is 8.78 Å². The van der Waals surface area contributed by atoms with E-state index in [1.807, 2.05) is 18.2 Å². The van der Waals surface area contributed by atoms with Gasteiger partial charge in [0.1, 0.15) is 23.5 Å². The van der Waals surface area contributed by atoms with E-state index >= 15 is 8.78 Å². The van der Waals surface area contributed by atoms with E-state index in [9.17, 15) is 0 Å². The molecule has 12 aliphatic carbocycles. The standard InChI is InChI=1S/C106H100F2N2O/c1-9-67-19-23-69(24-20-67)71-27-33-79(34-28-71)105(81-37-45-83(107)46-38-81)97-17-13-11-15-91(97)93-57-55-89(65-99(93)105)109(85-51-41-77(42-52-85)103(3,4)5)87-49-31-73-63-101-95(61-75(73)59-87)96-62-76-60-88(50-32-74(76)64-102(96)111-101)110(86-53-43-78(44-54-86)104(6,7)8)90-56-58-94-92-16-12-14-18-98(92)106(100(94)66-90,82-39-47-84(108)48-40-82)80-35-29-72(30-36-80)70-25-21-68(10-2)22-26-70/h9-13,15-17,19-21,23-33,35,37-39,41,43,45-53,55-64,66,68,77,79-80,82,89,94,96,100,102H,1-2,14,18,22,34,36,40,42,44,54,65H2,3-8H3. The molecule has 554 valence electrons. The van der Waals surface area contributed by atoms with Gasteiger partial charge in [0.2, 0.25) is 0 Å². The van der Waals surface area contributed by atoms with E-state index in [1.165, 1.54) is 94.2 Å². The average molecular weight is 1460 g/mol. The molecular weight excluding hydrogens is 1360 g/mol. The fourth-order valence-electron chi connectivity index (χ4n) is 21.7. The number of ether oxygens (including phenoxy) is 1. The molecule has 111 heavy (non-hydrogen) atoms. The predicted molar refractivity (Wildman–Crippen MR) is 460 cm³/mol. The van der Waals surface area contributed by atoms with Crippen LogP contribution in [0.25, 0.3) is 40.1 Å². The van der Waals surface area contributed by atoms with Crippen LogP contribution in [0, 0.1) is 63.5 Å². The number of rotatable bonds is 14. The second-order valence-corrected chi connectivity index (χ2v) is 35.4.